The first-order valence-corrected chi connectivity index (χ1v) is 14.2. The number of morpholine rings is 1. The molecule has 0 radical (unpaired) electrons. The summed E-state index contributed by atoms with van der Waals surface area (Å²) in [6.45, 7) is 8.83. The van der Waals surface area contributed by atoms with Gasteiger partial charge in [0.05, 0.1) is 30.8 Å². The van der Waals surface area contributed by atoms with E-state index in [1.807, 2.05) is 24.3 Å². The third kappa shape index (κ3) is 5.85. The van der Waals surface area contributed by atoms with Crippen LogP contribution in [0.2, 0.25) is 0 Å². The number of thiazole rings is 1. The van der Waals surface area contributed by atoms with E-state index in [1.165, 1.54) is 11.3 Å². The van der Waals surface area contributed by atoms with E-state index in [0.717, 1.165) is 81.6 Å². The molecule has 1 unspecified atom stereocenters. The Balaban J connectivity index is 1.09. The Hall–Kier alpha value is -3.29. The van der Waals surface area contributed by atoms with Crippen molar-refractivity contribution in [3.8, 4) is 5.75 Å². The maximum absolute atomic E-state index is 13.1. The van der Waals surface area contributed by atoms with Crippen LogP contribution in [0.5, 0.6) is 5.75 Å². The minimum absolute atomic E-state index is 0.302. The molecule has 11 nitrogen and oxygen atoms in total. The molecule has 0 spiro atoms. The van der Waals surface area contributed by atoms with Crippen LogP contribution in [0.3, 0.4) is 0 Å². The molecule has 1 atom stereocenters. The predicted octanol–water partition coefficient (Wildman–Crippen LogP) is 1.92. The molecular weight excluding hydrogens is 518 g/mol. The van der Waals surface area contributed by atoms with Crippen molar-refractivity contribution in [3.05, 3.63) is 58.9 Å². The highest BCUT2D eigenvalue weighted by molar-refractivity contribution is 7.14. The van der Waals surface area contributed by atoms with Gasteiger partial charge in [0.1, 0.15) is 18.1 Å². The van der Waals surface area contributed by atoms with Crippen LogP contribution in [0.1, 0.15) is 27.8 Å². The van der Waals surface area contributed by atoms with Crippen molar-refractivity contribution >= 4 is 33.8 Å². The molecule has 0 bridgehead atoms. The van der Waals surface area contributed by atoms with E-state index in [2.05, 4.69) is 30.4 Å². The molecule has 1 aromatic carbocycles. The number of aliphatic hydroxyl groups excluding tert-OH is 1. The van der Waals surface area contributed by atoms with Crippen LogP contribution in [0.4, 0.5) is 16.5 Å². The molecule has 3 aliphatic heterocycles. The molecule has 6 rings (SSSR count). The van der Waals surface area contributed by atoms with Gasteiger partial charge in [-0.05, 0) is 23.8 Å². The number of piperazine rings is 1. The number of carbonyl (C=O) groups is 1. The van der Waals surface area contributed by atoms with E-state index in [9.17, 15) is 9.90 Å². The lowest BCUT2D eigenvalue weighted by atomic mass is 10.1. The number of aromatic nitrogens is 2. The summed E-state index contributed by atoms with van der Waals surface area (Å²) in [5, 5.41) is 19.7. The van der Waals surface area contributed by atoms with Crippen molar-refractivity contribution in [2.45, 2.75) is 12.8 Å². The standard InChI is InChI=1S/C27H33N7O4S/c35-25(30-22-16-29-4-3-24(22)33-7-5-28-6-8-33)23-18-39-27(31-23)34-17-19-1-2-20(15-21(19)26(34)36)38-14-11-32-9-12-37-13-10-32/h1-4,15-16,18,26,28,36H,5-14,17H2,(H,30,35). The topological polar surface area (TPSA) is 115 Å². The Morgan fingerprint density at radius 1 is 1.21 bits per heavy atom. The Bertz CT molecular complexity index is 1290. The van der Waals surface area contributed by atoms with E-state index < -0.39 is 6.23 Å². The first-order chi connectivity index (χ1) is 19.2. The van der Waals surface area contributed by atoms with E-state index >= 15 is 0 Å². The summed E-state index contributed by atoms with van der Waals surface area (Å²) in [7, 11) is 0. The number of benzene rings is 1. The molecule has 2 saturated heterocycles. The van der Waals surface area contributed by atoms with Crippen LogP contribution in [0, 0.1) is 0 Å². The van der Waals surface area contributed by atoms with Gasteiger partial charge in [0, 0.05) is 69.5 Å². The van der Waals surface area contributed by atoms with Gasteiger partial charge >= 0.3 is 0 Å². The van der Waals surface area contributed by atoms with Gasteiger partial charge in [-0.2, -0.15) is 0 Å². The van der Waals surface area contributed by atoms with Gasteiger partial charge in [-0.3, -0.25) is 14.7 Å². The molecule has 3 N–H and O–H groups in total. The van der Waals surface area contributed by atoms with Crippen LogP contribution in [0.15, 0.2) is 42.0 Å². The van der Waals surface area contributed by atoms with Gasteiger partial charge in [0.2, 0.25) is 0 Å². The number of amides is 1. The lowest BCUT2D eigenvalue weighted by molar-refractivity contribution is 0.0322. The second-order valence-corrected chi connectivity index (χ2v) is 10.6. The fourth-order valence-corrected chi connectivity index (χ4v) is 5.95. The molecule has 3 aliphatic rings. The molecule has 0 aliphatic carbocycles. The van der Waals surface area contributed by atoms with E-state index in [1.54, 1.807) is 22.7 Å². The number of ether oxygens (including phenoxy) is 2. The number of fused-ring (bicyclic) bond motifs is 1. The first kappa shape index (κ1) is 26.0. The number of nitrogens with zero attached hydrogens (tertiary/aromatic N) is 5. The highest BCUT2D eigenvalue weighted by atomic mass is 32.1. The lowest BCUT2D eigenvalue weighted by Gasteiger charge is -2.30. The number of nitrogens with one attached hydrogen (secondary N) is 2. The summed E-state index contributed by atoms with van der Waals surface area (Å²) in [4.78, 5) is 28.2. The average molecular weight is 552 g/mol. The third-order valence-corrected chi connectivity index (χ3v) is 8.16. The molecule has 0 saturated carbocycles. The molecule has 5 heterocycles. The molecule has 2 aromatic heterocycles. The summed E-state index contributed by atoms with van der Waals surface area (Å²) in [6.07, 6.45) is 2.55. The summed E-state index contributed by atoms with van der Waals surface area (Å²) in [6, 6.07) is 7.76. The van der Waals surface area contributed by atoms with Crippen LogP contribution in [0.25, 0.3) is 0 Å². The van der Waals surface area contributed by atoms with E-state index in [4.69, 9.17) is 9.47 Å². The zero-order chi connectivity index (χ0) is 26.6. The number of aliphatic hydroxyl groups is 1. The maximum atomic E-state index is 13.1. The van der Waals surface area contributed by atoms with Gasteiger partial charge in [-0.15, -0.1) is 11.3 Å². The molecule has 1 amide bonds. The normalized spacial score (nSPS) is 19.7. The van der Waals surface area contributed by atoms with Gasteiger partial charge in [0.25, 0.3) is 5.91 Å². The van der Waals surface area contributed by atoms with Crippen molar-refractivity contribution in [2.24, 2.45) is 0 Å². The summed E-state index contributed by atoms with van der Waals surface area (Å²) in [5.41, 5.74) is 3.73. The van der Waals surface area contributed by atoms with Crippen molar-refractivity contribution in [3.63, 3.8) is 0 Å². The molecule has 39 heavy (non-hydrogen) atoms. The highest BCUT2D eigenvalue weighted by Crippen LogP contribution is 2.39. The van der Waals surface area contributed by atoms with Gasteiger partial charge in [0.15, 0.2) is 11.4 Å². The van der Waals surface area contributed by atoms with Crippen LogP contribution in [-0.2, 0) is 11.3 Å². The SMILES string of the molecule is O=C(Nc1cnccc1N1CCNCC1)c1csc(N2Cc3ccc(OCCN4CCOCC4)cc3C2O)n1. The van der Waals surface area contributed by atoms with Crippen molar-refractivity contribution in [1.29, 1.82) is 0 Å². The predicted molar refractivity (Wildman–Crippen MR) is 150 cm³/mol. The largest absolute Gasteiger partial charge is 0.492 e. The first-order valence-electron chi connectivity index (χ1n) is 13.3. The smallest absolute Gasteiger partial charge is 0.275 e. The molecule has 2 fully saturated rings. The quantitative estimate of drug-likeness (QED) is 0.384. The van der Waals surface area contributed by atoms with Crippen molar-refractivity contribution in [2.75, 3.05) is 80.8 Å². The molecule has 12 heteroatoms. The Morgan fingerprint density at radius 2 is 2.05 bits per heavy atom. The zero-order valence-corrected chi connectivity index (χ0v) is 22.5. The number of anilines is 3. The summed E-state index contributed by atoms with van der Waals surface area (Å²) in [5.74, 6) is 0.433. The second kappa shape index (κ2) is 11.8. The fraction of sp³-hybridized carbons (Fsp3) is 0.444. The monoisotopic (exact) mass is 551 g/mol. The van der Waals surface area contributed by atoms with Gasteiger partial charge in [-0.1, -0.05) is 6.07 Å². The number of hydrogen-bond acceptors (Lipinski definition) is 11. The van der Waals surface area contributed by atoms with Gasteiger partial charge in [-0.25, -0.2) is 4.98 Å². The Morgan fingerprint density at radius 3 is 2.90 bits per heavy atom. The summed E-state index contributed by atoms with van der Waals surface area (Å²) < 4.78 is 11.4. The van der Waals surface area contributed by atoms with E-state index in [-0.39, 0.29) is 5.91 Å². The van der Waals surface area contributed by atoms with E-state index in [0.29, 0.717) is 29.7 Å². The number of rotatable bonds is 8. The Kier molecular flexibility index (Phi) is 7.88. The minimum atomic E-state index is -0.859. The third-order valence-electron chi connectivity index (χ3n) is 7.29. The summed E-state index contributed by atoms with van der Waals surface area (Å²) >= 11 is 1.34. The second-order valence-electron chi connectivity index (χ2n) is 9.76. The molecule has 206 valence electrons. The Labute approximate surface area is 231 Å². The maximum Gasteiger partial charge on any atom is 0.275 e. The zero-order valence-electron chi connectivity index (χ0n) is 21.7. The minimum Gasteiger partial charge on any atom is -0.492 e. The lowest BCUT2D eigenvalue weighted by Crippen LogP contribution is -2.43. The van der Waals surface area contributed by atoms with Crippen LogP contribution < -0.4 is 25.2 Å². The number of carbonyl (C=O) groups excluding carboxylic acids is 1. The average Bonchev–Trinajstić information content (AvgIpc) is 3.59. The molecule has 3 aromatic rings. The van der Waals surface area contributed by atoms with Crippen molar-refractivity contribution in [1.82, 2.24) is 20.2 Å². The van der Waals surface area contributed by atoms with Crippen LogP contribution >= 0.6 is 11.3 Å². The number of hydrogen-bond donors (Lipinski definition) is 3. The van der Waals surface area contributed by atoms with Crippen molar-refractivity contribution < 1.29 is 19.4 Å². The van der Waals surface area contributed by atoms with Gasteiger partial charge < -0.3 is 35.0 Å². The highest BCUT2D eigenvalue weighted by Gasteiger charge is 2.31. The molecular formula is C27H33N7O4S. The fourth-order valence-electron chi connectivity index (χ4n) is 5.13. The van der Waals surface area contributed by atoms with Crippen LogP contribution in [-0.4, -0.2) is 91.5 Å². The number of pyridine rings is 1.